The van der Waals surface area contributed by atoms with E-state index in [1.807, 2.05) is 115 Å². The molecule has 2 aliphatic heterocycles. The number of nitrogens with one attached hydrogen (secondary N) is 1. The van der Waals surface area contributed by atoms with Crippen molar-refractivity contribution in [1.29, 1.82) is 0 Å². The summed E-state index contributed by atoms with van der Waals surface area (Å²) in [5.74, 6) is -0.528. The van der Waals surface area contributed by atoms with Gasteiger partial charge >= 0.3 is 5.97 Å². The number of carbonyl (C=O) groups excluding carboxylic acids is 3. The highest BCUT2D eigenvalue weighted by atomic mass is 32.2. The SMILES string of the molecule is O=C(Cc1ccccc1)NC1C(=O)N2CC(Sc3ccccc3CO)(C(=O)OC(c3ccccc3)c3ccccc3)CS[C@H]12. The van der Waals surface area contributed by atoms with Crippen molar-refractivity contribution in [2.24, 2.45) is 0 Å². The van der Waals surface area contributed by atoms with E-state index in [-0.39, 0.29) is 36.8 Å². The topological polar surface area (TPSA) is 95.9 Å². The van der Waals surface area contributed by atoms with Gasteiger partial charge in [0.2, 0.25) is 11.8 Å². The summed E-state index contributed by atoms with van der Waals surface area (Å²) >= 11 is 2.79. The Bertz CT molecular complexity index is 1580. The predicted molar refractivity (Wildman–Crippen MR) is 172 cm³/mol. The van der Waals surface area contributed by atoms with E-state index < -0.39 is 22.9 Å². The average molecular weight is 625 g/mol. The molecular formula is C35H32N2O5S2. The Hall–Kier alpha value is -4.05. The lowest BCUT2D eigenvalue weighted by Crippen LogP contribution is -2.74. The van der Waals surface area contributed by atoms with Gasteiger partial charge in [0.15, 0.2) is 6.10 Å². The fourth-order valence-corrected chi connectivity index (χ4v) is 8.52. The molecule has 0 aromatic heterocycles. The highest BCUT2D eigenvalue weighted by Gasteiger charge is 2.58. The van der Waals surface area contributed by atoms with Crippen molar-refractivity contribution < 1.29 is 24.2 Å². The van der Waals surface area contributed by atoms with Crippen LogP contribution >= 0.6 is 23.5 Å². The number of hydrogen-bond donors (Lipinski definition) is 2. The van der Waals surface area contributed by atoms with Gasteiger partial charge in [-0.15, -0.1) is 23.5 Å². The van der Waals surface area contributed by atoms with Crippen LogP contribution in [0.4, 0.5) is 0 Å². The first-order chi connectivity index (χ1) is 21.5. The maximum absolute atomic E-state index is 14.4. The summed E-state index contributed by atoms with van der Waals surface area (Å²) in [6.45, 7) is -0.0625. The van der Waals surface area contributed by atoms with E-state index in [0.717, 1.165) is 21.6 Å². The third-order valence-electron chi connectivity index (χ3n) is 7.83. The molecule has 44 heavy (non-hydrogen) atoms. The highest BCUT2D eigenvalue weighted by Crippen LogP contribution is 2.48. The van der Waals surface area contributed by atoms with Crippen LogP contribution in [0.2, 0.25) is 0 Å². The quantitative estimate of drug-likeness (QED) is 0.190. The van der Waals surface area contributed by atoms with Crippen LogP contribution in [-0.4, -0.2) is 56.3 Å². The molecule has 0 saturated carbocycles. The summed E-state index contributed by atoms with van der Waals surface area (Å²) in [7, 11) is 0. The molecule has 3 atom stereocenters. The summed E-state index contributed by atoms with van der Waals surface area (Å²) in [6.07, 6.45) is -0.456. The lowest BCUT2D eigenvalue weighted by Gasteiger charge is -2.54. The van der Waals surface area contributed by atoms with Gasteiger partial charge < -0.3 is 20.1 Å². The molecule has 2 fully saturated rings. The fourth-order valence-electron chi connectivity index (χ4n) is 5.53. The smallest absolute Gasteiger partial charge is 0.326 e. The Morgan fingerprint density at radius 2 is 1.50 bits per heavy atom. The van der Waals surface area contributed by atoms with Gasteiger partial charge in [0, 0.05) is 17.2 Å². The second-order valence-corrected chi connectivity index (χ2v) is 13.4. The van der Waals surface area contributed by atoms with Gasteiger partial charge in [-0.3, -0.25) is 14.4 Å². The molecule has 7 nitrogen and oxygen atoms in total. The van der Waals surface area contributed by atoms with Gasteiger partial charge in [0.05, 0.1) is 13.0 Å². The number of hydrogen-bond acceptors (Lipinski definition) is 7. The van der Waals surface area contributed by atoms with Crippen molar-refractivity contribution in [2.75, 3.05) is 12.3 Å². The second kappa shape index (κ2) is 13.3. The maximum atomic E-state index is 14.4. The lowest BCUT2D eigenvalue weighted by molar-refractivity contribution is -0.156. The zero-order valence-corrected chi connectivity index (χ0v) is 25.5. The third-order valence-corrected chi connectivity index (χ3v) is 11.0. The molecule has 2 aliphatic rings. The van der Waals surface area contributed by atoms with Crippen molar-refractivity contribution in [3.63, 3.8) is 0 Å². The van der Waals surface area contributed by atoms with Crippen molar-refractivity contribution in [2.45, 2.75) is 40.2 Å². The van der Waals surface area contributed by atoms with Crippen LogP contribution in [0.5, 0.6) is 0 Å². The minimum atomic E-state index is -1.15. The molecule has 2 N–H and O–H groups in total. The van der Waals surface area contributed by atoms with Crippen LogP contribution in [0.1, 0.15) is 28.4 Å². The fraction of sp³-hybridized carbons (Fsp3) is 0.229. The molecule has 0 spiro atoms. The summed E-state index contributed by atoms with van der Waals surface area (Å²) in [5.41, 5.74) is 3.24. The first-order valence-electron chi connectivity index (χ1n) is 14.4. The molecule has 224 valence electrons. The van der Waals surface area contributed by atoms with Crippen molar-refractivity contribution >= 4 is 41.3 Å². The van der Waals surface area contributed by atoms with Crippen molar-refractivity contribution in [3.05, 3.63) is 138 Å². The summed E-state index contributed by atoms with van der Waals surface area (Å²) < 4.78 is 5.22. The van der Waals surface area contributed by atoms with Gasteiger partial charge in [-0.05, 0) is 28.3 Å². The van der Waals surface area contributed by atoms with Gasteiger partial charge in [0.1, 0.15) is 16.2 Å². The molecule has 9 heteroatoms. The van der Waals surface area contributed by atoms with Crippen molar-refractivity contribution in [1.82, 2.24) is 10.2 Å². The largest absolute Gasteiger partial charge is 0.451 e. The number of rotatable bonds is 10. The van der Waals surface area contributed by atoms with E-state index in [2.05, 4.69) is 5.32 Å². The molecule has 2 saturated heterocycles. The molecule has 0 radical (unpaired) electrons. The molecule has 6 rings (SSSR count). The minimum absolute atomic E-state index is 0.119. The lowest BCUT2D eigenvalue weighted by atomic mass is 9.99. The van der Waals surface area contributed by atoms with Gasteiger partial charge in [-0.2, -0.15) is 0 Å². The van der Waals surface area contributed by atoms with E-state index >= 15 is 0 Å². The number of ether oxygens (including phenoxy) is 1. The van der Waals surface area contributed by atoms with Crippen LogP contribution in [-0.2, 0) is 32.1 Å². The molecule has 0 bridgehead atoms. The predicted octanol–water partition coefficient (Wildman–Crippen LogP) is 4.99. The number of esters is 1. The van der Waals surface area contributed by atoms with E-state index in [1.54, 1.807) is 4.90 Å². The van der Waals surface area contributed by atoms with Gasteiger partial charge in [-0.1, -0.05) is 109 Å². The van der Waals surface area contributed by atoms with Gasteiger partial charge in [-0.25, -0.2) is 0 Å². The number of fused-ring (bicyclic) bond motifs is 1. The summed E-state index contributed by atoms with van der Waals surface area (Å²) in [5, 5.41) is 12.7. The standard InChI is InChI=1S/C35H32N2O5S2/c38-21-27-18-10-11-19-28(27)44-35(34(41)42-31(25-14-6-2-7-15-25)26-16-8-3-9-17-26)22-37-32(40)30(33(37)43-23-35)36-29(39)20-24-12-4-1-5-13-24/h1-19,30-31,33,38H,20-23H2,(H,36,39)/t30?,33-,35?/m1/s1. The number of amides is 2. The Labute approximate surface area is 265 Å². The van der Waals surface area contributed by atoms with Crippen molar-refractivity contribution in [3.8, 4) is 0 Å². The highest BCUT2D eigenvalue weighted by molar-refractivity contribution is 8.05. The van der Waals surface area contributed by atoms with E-state index in [4.69, 9.17) is 4.74 Å². The summed E-state index contributed by atoms with van der Waals surface area (Å²) in [4.78, 5) is 43.0. The van der Waals surface area contributed by atoms with Crippen LogP contribution in [0.15, 0.2) is 120 Å². The molecule has 2 heterocycles. The number of benzene rings is 4. The van der Waals surface area contributed by atoms with Crippen LogP contribution in [0, 0.1) is 0 Å². The van der Waals surface area contributed by atoms with Gasteiger partial charge in [0.25, 0.3) is 0 Å². The summed E-state index contributed by atoms with van der Waals surface area (Å²) in [6, 6.07) is 35.3. The number of nitrogens with zero attached hydrogens (tertiary/aromatic N) is 1. The zero-order valence-electron chi connectivity index (χ0n) is 23.9. The van der Waals surface area contributed by atoms with E-state index in [1.165, 1.54) is 23.5 Å². The second-order valence-electron chi connectivity index (χ2n) is 10.8. The number of aliphatic hydroxyl groups excluding tert-OH is 1. The third kappa shape index (κ3) is 6.26. The number of carbonyl (C=O) groups is 3. The number of thioether (sulfide) groups is 2. The first-order valence-corrected chi connectivity index (χ1v) is 16.3. The van der Waals surface area contributed by atoms with Crippen LogP contribution in [0.25, 0.3) is 0 Å². The van der Waals surface area contributed by atoms with Crippen LogP contribution in [0.3, 0.4) is 0 Å². The Balaban J connectivity index is 1.25. The Morgan fingerprint density at radius 3 is 2.14 bits per heavy atom. The molecular weight excluding hydrogens is 593 g/mol. The molecule has 0 aliphatic carbocycles. The normalized spacial score (nSPS) is 20.9. The maximum Gasteiger partial charge on any atom is 0.326 e. The molecule has 4 aromatic carbocycles. The monoisotopic (exact) mass is 624 g/mol. The average Bonchev–Trinajstić information content (AvgIpc) is 3.07. The van der Waals surface area contributed by atoms with Crippen LogP contribution < -0.4 is 5.32 Å². The minimum Gasteiger partial charge on any atom is -0.451 e. The zero-order chi connectivity index (χ0) is 30.5. The molecule has 4 aromatic rings. The molecule has 2 unspecified atom stereocenters. The Kier molecular flexibility index (Phi) is 9.07. The number of aliphatic hydroxyl groups is 1. The van der Waals surface area contributed by atoms with E-state index in [0.29, 0.717) is 11.3 Å². The first kappa shape index (κ1) is 30.0. The Morgan fingerprint density at radius 1 is 0.909 bits per heavy atom. The van der Waals surface area contributed by atoms with E-state index in [9.17, 15) is 19.5 Å². The molecule has 2 amide bonds. The number of β-lactam (4-membered cyclic amide) rings is 1.